The SMILES string of the molecule is c1cnc(N2CCN(C3CN(c4nccn5nccc45)C3)CC2)nc1. The Morgan fingerprint density at radius 3 is 2.44 bits per heavy atom. The summed E-state index contributed by atoms with van der Waals surface area (Å²) >= 11 is 0. The van der Waals surface area contributed by atoms with Crippen molar-refractivity contribution in [3.05, 3.63) is 43.1 Å². The first kappa shape index (κ1) is 14.6. The van der Waals surface area contributed by atoms with E-state index in [1.807, 2.05) is 47.6 Å². The highest BCUT2D eigenvalue weighted by Gasteiger charge is 2.35. The fourth-order valence-electron chi connectivity index (χ4n) is 3.69. The van der Waals surface area contributed by atoms with Crippen molar-refractivity contribution < 1.29 is 0 Å². The Labute approximate surface area is 145 Å². The van der Waals surface area contributed by atoms with Crippen molar-refractivity contribution in [3.63, 3.8) is 0 Å². The maximum absolute atomic E-state index is 4.55. The van der Waals surface area contributed by atoms with Gasteiger partial charge in [0.2, 0.25) is 5.95 Å². The van der Waals surface area contributed by atoms with Gasteiger partial charge >= 0.3 is 0 Å². The van der Waals surface area contributed by atoms with Gasteiger partial charge in [0.05, 0.1) is 6.20 Å². The Morgan fingerprint density at radius 1 is 0.840 bits per heavy atom. The molecule has 8 nitrogen and oxygen atoms in total. The second-order valence-corrected chi connectivity index (χ2v) is 6.54. The lowest BCUT2D eigenvalue weighted by Gasteiger charge is -2.48. The molecule has 8 heteroatoms. The standard InChI is InChI=1S/C17H20N8/c1-3-19-17(20-4-1)23-10-8-22(9-11-23)14-12-24(13-14)16-15-2-5-21-25(15)7-6-18-16/h1-7,14H,8-13H2. The van der Waals surface area contributed by atoms with Gasteiger partial charge in [-0.25, -0.2) is 19.5 Å². The molecule has 5 rings (SSSR count). The quantitative estimate of drug-likeness (QED) is 0.691. The van der Waals surface area contributed by atoms with Crippen LogP contribution in [-0.4, -0.2) is 74.8 Å². The lowest BCUT2D eigenvalue weighted by Crippen LogP contribution is -2.63. The van der Waals surface area contributed by atoms with Gasteiger partial charge < -0.3 is 9.80 Å². The van der Waals surface area contributed by atoms with Crippen LogP contribution in [0.25, 0.3) is 5.52 Å². The minimum absolute atomic E-state index is 0.601. The summed E-state index contributed by atoms with van der Waals surface area (Å²) < 4.78 is 1.88. The molecule has 0 aromatic carbocycles. The molecule has 0 aliphatic carbocycles. The maximum Gasteiger partial charge on any atom is 0.225 e. The molecule has 0 spiro atoms. The molecule has 3 aromatic rings. The van der Waals surface area contributed by atoms with E-state index >= 15 is 0 Å². The number of anilines is 2. The summed E-state index contributed by atoms with van der Waals surface area (Å²) in [6.45, 7) is 6.13. The lowest BCUT2D eigenvalue weighted by molar-refractivity contribution is 0.156. The largest absolute Gasteiger partial charge is 0.352 e. The van der Waals surface area contributed by atoms with Crippen LogP contribution < -0.4 is 9.80 Å². The zero-order valence-corrected chi connectivity index (χ0v) is 13.9. The van der Waals surface area contributed by atoms with Crippen LogP contribution >= 0.6 is 0 Å². The van der Waals surface area contributed by atoms with E-state index in [0.717, 1.165) is 56.6 Å². The number of hydrogen-bond acceptors (Lipinski definition) is 7. The number of fused-ring (bicyclic) bond motifs is 1. The molecule has 2 fully saturated rings. The normalized spacial score (nSPS) is 19.4. The first-order valence-corrected chi connectivity index (χ1v) is 8.68. The number of aromatic nitrogens is 5. The molecule has 128 valence electrons. The van der Waals surface area contributed by atoms with Crippen molar-refractivity contribution in [3.8, 4) is 0 Å². The Kier molecular flexibility index (Phi) is 3.48. The fraction of sp³-hybridized carbons (Fsp3) is 0.412. The summed E-state index contributed by atoms with van der Waals surface area (Å²) in [6, 6.07) is 4.48. The van der Waals surface area contributed by atoms with Crippen LogP contribution in [0.15, 0.2) is 43.1 Å². The van der Waals surface area contributed by atoms with Crippen LogP contribution in [0, 0.1) is 0 Å². The molecule has 0 N–H and O–H groups in total. The first-order chi connectivity index (χ1) is 12.4. The molecule has 0 radical (unpaired) electrons. The summed E-state index contributed by atoms with van der Waals surface area (Å²) in [7, 11) is 0. The van der Waals surface area contributed by atoms with Gasteiger partial charge in [-0.3, -0.25) is 4.90 Å². The predicted octanol–water partition coefficient (Wildman–Crippen LogP) is 0.530. The third-order valence-electron chi connectivity index (χ3n) is 5.13. The van der Waals surface area contributed by atoms with Gasteiger partial charge in [0.25, 0.3) is 0 Å². The molecular weight excluding hydrogens is 316 g/mol. The highest BCUT2D eigenvalue weighted by Crippen LogP contribution is 2.26. The van der Waals surface area contributed by atoms with Gasteiger partial charge in [-0.05, 0) is 12.1 Å². The zero-order valence-electron chi connectivity index (χ0n) is 13.9. The molecule has 2 saturated heterocycles. The van der Waals surface area contributed by atoms with Crippen molar-refractivity contribution in [1.29, 1.82) is 0 Å². The predicted molar refractivity (Wildman–Crippen MR) is 94.8 cm³/mol. The zero-order chi connectivity index (χ0) is 16.6. The molecule has 2 aliphatic rings. The Balaban J connectivity index is 1.20. The van der Waals surface area contributed by atoms with Crippen LogP contribution in [0.5, 0.6) is 0 Å². The summed E-state index contributed by atoms with van der Waals surface area (Å²) in [6.07, 6.45) is 9.15. The smallest absolute Gasteiger partial charge is 0.225 e. The van der Waals surface area contributed by atoms with E-state index in [4.69, 9.17) is 0 Å². The van der Waals surface area contributed by atoms with Gasteiger partial charge in [0, 0.05) is 70.1 Å². The molecule has 0 bridgehead atoms. The number of rotatable bonds is 3. The van der Waals surface area contributed by atoms with Crippen LogP contribution in [0.4, 0.5) is 11.8 Å². The van der Waals surface area contributed by atoms with E-state index in [1.54, 1.807) is 0 Å². The molecule has 0 saturated carbocycles. The Morgan fingerprint density at radius 2 is 1.64 bits per heavy atom. The summed E-state index contributed by atoms with van der Waals surface area (Å²) in [5.74, 6) is 1.88. The third-order valence-corrected chi connectivity index (χ3v) is 5.13. The average Bonchev–Trinajstić information content (AvgIpc) is 3.11. The second kappa shape index (κ2) is 5.96. The molecule has 0 amide bonds. The van der Waals surface area contributed by atoms with Crippen LogP contribution in [-0.2, 0) is 0 Å². The van der Waals surface area contributed by atoms with Gasteiger partial charge in [-0.2, -0.15) is 5.10 Å². The average molecular weight is 336 g/mol. The van der Waals surface area contributed by atoms with Crippen molar-refractivity contribution in [1.82, 2.24) is 29.5 Å². The van der Waals surface area contributed by atoms with Crippen LogP contribution in [0.2, 0.25) is 0 Å². The molecular formula is C17H20N8. The van der Waals surface area contributed by atoms with Crippen molar-refractivity contribution >= 4 is 17.3 Å². The minimum Gasteiger partial charge on any atom is -0.352 e. The van der Waals surface area contributed by atoms with E-state index in [2.05, 4.69) is 34.8 Å². The number of hydrogen-bond donors (Lipinski definition) is 0. The van der Waals surface area contributed by atoms with Gasteiger partial charge in [-0.1, -0.05) is 0 Å². The third kappa shape index (κ3) is 2.58. The van der Waals surface area contributed by atoms with Crippen molar-refractivity contribution in [2.45, 2.75) is 6.04 Å². The summed E-state index contributed by atoms with van der Waals surface area (Å²) in [4.78, 5) is 20.4. The molecule has 3 aromatic heterocycles. The molecule has 25 heavy (non-hydrogen) atoms. The Bertz CT molecular complexity index is 849. The number of piperazine rings is 1. The van der Waals surface area contributed by atoms with E-state index < -0.39 is 0 Å². The second-order valence-electron chi connectivity index (χ2n) is 6.54. The molecule has 0 unspecified atom stereocenters. The Hall–Kier alpha value is -2.74. The monoisotopic (exact) mass is 336 g/mol. The summed E-state index contributed by atoms with van der Waals surface area (Å²) in [5, 5.41) is 4.29. The lowest BCUT2D eigenvalue weighted by atomic mass is 10.1. The molecule has 5 heterocycles. The maximum atomic E-state index is 4.55. The van der Waals surface area contributed by atoms with Crippen molar-refractivity contribution in [2.75, 3.05) is 49.1 Å². The fourth-order valence-corrected chi connectivity index (χ4v) is 3.69. The first-order valence-electron chi connectivity index (χ1n) is 8.68. The van der Waals surface area contributed by atoms with Gasteiger partial charge in [0.15, 0.2) is 5.82 Å². The van der Waals surface area contributed by atoms with E-state index in [9.17, 15) is 0 Å². The van der Waals surface area contributed by atoms with Crippen molar-refractivity contribution in [2.24, 2.45) is 0 Å². The van der Waals surface area contributed by atoms with Crippen LogP contribution in [0.1, 0.15) is 0 Å². The highest BCUT2D eigenvalue weighted by molar-refractivity contribution is 5.69. The number of nitrogens with zero attached hydrogens (tertiary/aromatic N) is 8. The van der Waals surface area contributed by atoms with E-state index in [0.29, 0.717) is 6.04 Å². The van der Waals surface area contributed by atoms with Gasteiger partial charge in [-0.15, -0.1) is 0 Å². The highest BCUT2D eigenvalue weighted by atomic mass is 15.4. The summed E-state index contributed by atoms with van der Waals surface area (Å²) in [5.41, 5.74) is 1.08. The minimum atomic E-state index is 0.601. The van der Waals surface area contributed by atoms with E-state index in [1.165, 1.54) is 0 Å². The topological polar surface area (TPSA) is 65.7 Å². The van der Waals surface area contributed by atoms with E-state index in [-0.39, 0.29) is 0 Å². The molecule has 0 atom stereocenters. The van der Waals surface area contributed by atoms with Crippen LogP contribution in [0.3, 0.4) is 0 Å². The van der Waals surface area contributed by atoms with Gasteiger partial charge in [0.1, 0.15) is 5.52 Å². The molecule has 2 aliphatic heterocycles.